The van der Waals surface area contributed by atoms with Gasteiger partial charge in [0, 0.05) is 32.7 Å². The SMILES string of the molecule is CCc1ccc(CNC(=O)c2sc3ncnc(N4CCN(C)CC4)c3c2C)cc1. The molecule has 0 aliphatic carbocycles. The van der Waals surface area contributed by atoms with Gasteiger partial charge in [0.05, 0.1) is 10.3 Å². The molecule has 7 heteroatoms. The van der Waals surface area contributed by atoms with E-state index in [9.17, 15) is 4.79 Å². The van der Waals surface area contributed by atoms with Gasteiger partial charge in [-0.25, -0.2) is 9.97 Å². The second-order valence-corrected chi connectivity index (χ2v) is 8.58. The number of nitrogens with zero attached hydrogens (tertiary/aromatic N) is 4. The van der Waals surface area contributed by atoms with Gasteiger partial charge in [0.25, 0.3) is 5.91 Å². The second-order valence-electron chi connectivity index (χ2n) is 7.58. The van der Waals surface area contributed by atoms with E-state index in [0.717, 1.165) is 64.6 Å². The van der Waals surface area contributed by atoms with E-state index < -0.39 is 0 Å². The normalized spacial score (nSPS) is 15.1. The van der Waals surface area contributed by atoms with Gasteiger partial charge in [-0.3, -0.25) is 4.79 Å². The van der Waals surface area contributed by atoms with E-state index in [2.05, 4.69) is 63.3 Å². The van der Waals surface area contributed by atoms with Crippen LogP contribution in [0.15, 0.2) is 30.6 Å². The maximum atomic E-state index is 12.9. The fourth-order valence-electron chi connectivity index (χ4n) is 3.68. The summed E-state index contributed by atoms with van der Waals surface area (Å²) in [5.74, 6) is 0.903. The minimum Gasteiger partial charge on any atom is -0.353 e. The minimum atomic E-state index is -0.0469. The third kappa shape index (κ3) is 4.11. The minimum absolute atomic E-state index is 0.0469. The lowest BCUT2D eigenvalue weighted by atomic mass is 10.1. The lowest BCUT2D eigenvalue weighted by Crippen LogP contribution is -2.44. The number of anilines is 1. The Morgan fingerprint density at radius 1 is 1.10 bits per heavy atom. The number of fused-ring (bicyclic) bond motifs is 1. The summed E-state index contributed by atoms with van der Waals surface area (Å²) in [5, 5.41) is 4.08. The summed E-state index contributed by atoms with van der Waals surface area (Å²) in [6, 6.07) is 8.38. The molecule has 0 spiro atoms. The molecular formula is C22H27N5OS. The number of aromatic nitrogens is 2. The summed E-state index contributed by atoms with van der Waals surface area (Å²) in [6.07, 6.45) is 2.63. The van der Waals surface area contributed by atoms with Crippen LogP contribution in [0.1, 0.15) is 33.3 Å². The van der Waals surface area contributed by atoms with Crippen molar-refractivity contribution in [3.63, 3.8) is 0 Å². The predicted octanol–water partition coefficient (Wildman–Crippen LogP) is 3.24. The van der Waals surface area contributed by atoms with Gasteiger partial charge in [0.2, 0.25) is 0 Å². The number of amides is 1. The van der Waals surface area contributed by atoms with Crippen molar-refractivity contribution >= 4 is 33.3 Å². The third-order valence-electron chi connectivity index (χ3n) is 5.60. The Bertz CT molecular complexity index is 1010. The first-order valence-electron chi connectivity index (χ1n) is 10.1. The van der Waals surface area contributed by atoms with Gasteiger partial charge in [0.15, 0.2) is 0 Å². The number of likely N-dealkylation sites (N-methyl/N-ethyl adjacent to an activating group) is 1. The van der Waals surface area contributed by atoms with E-state index in [0.29, 0.717) is 6.54 Å². The van der Waals surface area contributed by atoms with Crippen molar-refractivity contribution in [3.8, 4) is 0 Å². The van der Waals surface area contributed by atoms with Crippen LogP contribution in [0.3, 0.4) is 0 Å². The van der Waals surface area contributed by atoms with Crippen molar-refractivity contribution in [1.29, 1.82) is 0 Å². The molecule has 152 valence electrons. The highest BCUT2D eigenvalue weighted by molar-refractivity contribution is 7.20. The Hall–Kier alpha value is -2.51. The zero-order valence-electron chi connectivity index (χ0n) is 17.2. The molecule has 1 fully saturated rings. The third-order valence-corrected chi connectivity index (χ3v) is 6.80. The molecule has 0 saturated carbocycles. The molecule has 0 unspecified atom stereocenters. The highest BCUT2D eigenvalue weighted by Gasteiger charge is 2.23. The molecule has 1 N–H and O–H groups in total. The first-order chi connectivity index (χ1) is 14.1. The highest BCUT2D eigenvalue weighted by atomic mass is 32.1. The van der Waals surface area contributed by atoms with E-state index in [4.69, 9.17) is 0 Å². The Morgan fingerprint density at radius 3 is 2.48 bits per heavy atom. The van der Waals surface area contributed by atoms with Gasteiger partial charge in [-0.1, -0.05) is 31.2 Å². The maximum Gasteiger partial charge on any atom is 0.261 e. The number of benzene rings is 1. The molecule has 1 aliphatic rings. The molecule has 0 atom stereocenters. The quantitative estimate of drug-likeness (QED) is 0.701. The molecule has 0 radical (unpaired) electrons. The fourth-order valence-corrected chi connectivity index (χ4v) is 4.74. The first-order valence-corrected chi connectivity index (χ1v) is 10.9. The van der Waals surface area contributed by atoms with Crippen LogP contribution in [0.5, 0.6) is 0 Å². The van der Waals surface area contributed by atoms with Crippen LogP contribution in [0, 0.1) is 6.92 Å². The fraction of sp³-hybridized carbons (Fsp3) is 0.409. The number of thiophene rings is 1. The van der Waals surface area contributed by atoms with E-state index in [-0.39, 0.29) is 5.91 Å². The molecule has 1 aliphatic heterocycles. The summed E-state index contributed by atoms with van der Waals surface area (Å²) >= 11 is 1.45. The van der Waals surface area contributed by atoms with E-state index >= 15 is 0 Å². The Kier molecular flexibility index (Phi) is 5.78. The number of nitrogens with one attached hydrogen (secondary N) is 1. The predicted molar refractivity (Wildman–Crippen MR) is 119 cm³/mol. The summed E-state index contributed by atoms with van der Waals surface area (Å²) < 4.78 is 0. The molecule has 1 amide bonds. The molecule has 29 heavy (non-hydrogen) atoms. The Labute approximate surface area is 175 Å². The van der Waals surface area contributed by atoms with Crippen molar-refractivity contribution in [2.24, 2.45) is 0 Å². The summed E-state index contributed by atoms with van der Waals surface area (Å²) in [4.78, 5) is 28.1. The van der Waals surface area contributed by atoms with Crippen molar-refractivity contribution in [2.45, 2.75) is 26.8 Å². The van der Waals surface area contributed by atoms with Gasteiger partial charge in [-0.05, 0) is 37.1 Å². The average Bonchev–Trinajstić information content (AvgIpc) is 3.10. The number of hydrogen-bond acceptors (Lipinski definition) is 6. The van der Waals surface area contributed by atoms with Crippen LogP contribution in [-0.2, 0) is 13.0 Å². The molecule has 3 aromatic rings. The highest BCUT2D eigenvalue weighted by Crippen LogP contribution is 2.35. The van der Waals surface area contributed by atoms with Gasteiger partial charge < -0.3 is 15.1 Å². The molecule has 0 bridgehead atoms. The maximum absolute atomic E-state index is 12.9. The van der Waals surface area contributed by atoms with Crippen LogP contribution in [0.4, 0.5) is 5.82 Å². The molecular weight excluding hydrogens is 382 g/mol. The van der Waals surface area contributed by atoms with Gasteiger partial charge in [0.1, 0.15) is 17.0 Å². The number of carbonyl (C=O) groups excluding carboxylic acids is 1. The van der Waals surface area contributed by atoms with Crippen molar-refractivity contribution in [2.75, 3.05) is 38.1 Å². The monoisotopic (exact) mass is 409 g/mol. The smallest absolute Gasteiger partial charge is 0.261 e. The summed E-state index contributed by atoms with van der Waals surface area (Å²) in [6.45, 7) is 8.57. The molecule has 6 nitrogen and oxygen atoms in total. The number of aryl methyl sites for hydroxylation is 2. The number of hydrogen-bond donors (Lipinski definition) is 1. The zero-order chi connectivity index (χ0) is 20.4. The Morgan fingerprint density at radius 2 is 1.79 bits per heavy atom. The Balaban J connectivity index is 1.55. The lowest BCUT2D eigenvalue weighted by Gasteiger charge is -2.33. The zero-order valence-corrected chi connectivity index (χ0v) is 18.1. The standard InChI is InChI=1S/C22H27N5OS/c1-4-16-5-7-17(8-6-16)13-23-21(28)19-15(2)18-20(24-14-25-22(18)29-19)27-11-9-26(3)10-12-27/h5-8,14H,4,9-13H2,1-3H3,(H,23,28). The van der Waals surface area contributed by atoms with Crippen LogP contribution in [0.2, 0.25) is 0 Å². The number of carbonyl (C=O) groups is 1. The largest absolute Gasteiger partial charge is 0.353 e. The molecule has 2 aromatic heterocycles. The van der Waals surface area contributed by atoms with Crippen LogP contribution >= 0.6 is 11.3 Å². The molecule has 3 heterocycles. The second kappa shape index (κ2) is 8.47. The van der Waals surface area contributed by atoms with Crippen LogP contribution in [-0.4, -0.2) is 54.0 Å². The topological polar surface area (TPSA) is 61.4 Å². The van der Waals surface area contributed by atoms with E-state index in [1.165, 1.54) is 16.9 Å². The average molecular weight is 410 g/mol. The number of piperazine rings is 1. The molecule has 1 saturated heterocycles. The first kappa shape index (κ1) is 19.8. The van der Waals surface area contributed by atoms with E-state index in [1.54, 1.807) is 6.33 Å². The van der Waals surface area contributed by atoms with Crippen LogP contribution in [0.25, 0.3) is 10.2 Å². The molecule has 4 rings (SSSR count). The van der Waals surface area contributed by atoms with Gasteiger partial charge in [-0.2, -0.15) is 0 Å². The van der Waals surface area contributed by atoms with E-state index in [1.807, 2.05) is 6.92 Å². The molecule has 1 aromatic carbocycles. The van der Waals surface area contributed by atoms with Crippen molar-refractivity contribution < 1.29 is 4.79 Å². The summed E-state index contributed by atoms with van der Waals surface area (Å²) in [5.41, 5.74) is 3.38. The van der Waals surface area contributed by atoms with Gasteiger partial charge >= 0.3 is 0 Å². The van der Waals surface area contributed by atoms with Gasteiger partial charge in [-0.15, -0.1) is 11.3 Å². The van der Waals surface area contributed by atoms with Crippen molar-refractivity contribution in [1.82, 2.24) is 20.2 Å². The van der Waals surface area contributed by atoms with Crippen LogP contribution < -0.4 is 10.2 Å². The summed E-state index contributed by atoms with van der Waals surface area (Å²) in [7, 11) is 2.14. The lowest BCUT2D eigenvalue weighted by molar-refractivity contribution is 0.0954. The van der Waals surface area contributed by atoms with Crippen molar-refractivity contribution in [3.05, 3.63) is 52.2 Å². The number of rotatable bonds is 5.